The summed E-state index contributed by atoms with van der Waals surface area (Å²) in [6, 6.07) is 0. The van der Waals surface area contributed by atoms with Gasteiger partial charge in [0.2, 0.25) is 0 Å². The summed E-state index contributed by atoms with van der Waals surface area (Å²) in [5.74, 6) is -0.900. The maximum absolute atomic E-state index is 11.0. The molecule has 0 bridgehead atoms. The molecule has 0 fully saturated rings. The quantitative estimate of drug-likeness (QED) is 0.704. The van der Waals surface area contributed by atoms with Crippen molar-refractivity contribution in [3.63, 3.8) is 0 Å². The molecule has 1 heterocycles. The number of nitrogens with zero attached hydrogens (tertiary/aromatic N) is 2. The van der Waals surface area contributed by atoms with Crippen molar-refractivity contribution in [2.45, 2.75) is 32.7 Å². The molecule has 94 valence electrons. The Morgan fingerprint density at radius 3 is 3.00 bits per heavy atom. The Morgan fingerprint density at radius 2 is 2.41 bits per heavy atom. The number of imidazole rings is 1. The van der Waals surface area contributed by atoms with E-state index in [0.29, 0.717) is 30.7 Å². The lowest BCUT2D eigenvalue weighted by Crippen LogP contribution is -2.05. The predicted molar refractivity (Wildman–Crippen MR) is 66.4 cm³/mol. The first-order valence-electron chi connectivity index (χ1n) is 5.83. The van der Waals surface area contributed by atoms with Gasteiger partial charge < -0.3 is 15.4 Å². The summed E-state index contributed by atoms with van der Waals surface area (Å²) in [5.41, 5.74) is 6.42. The molecular weight excluding hydrogens is 218 g/mol. The van der Waals surface area contributed by atoms with Gasteiger partial charge in [-0.3, -0.25) is 0 Å². The fourth-order valence-electron chi connectivity index (χ4n) is 1.54. The van der Waals surface area contributed by atoms with Crippen LogP contribution in [-0.2, 0) is 11.3 Å². The predicted octanol–water partition coefficient (Wildman–Crippen LogP) is 1.50. The first-order valence-corrected chi connectivity index (χ1v) is 5.83. The number of hydrogen-bond acceptors (Lipinski definition) is 3. The molecule has 0 atom stereocenters. The number of carboxylic acid groups (broad SMARTS) is 1. The lowest BCUT2D eigenvalue weighted by Gasteiger charge is -1.99. The van der Waals surface area contributed by atoms with Gasteiger partial charge in [0.05, 0.1) is 12.0 Å². The van der Waals surface area contributed by atoms with Gasteiger partial charge in [-0.25, -0.2) is 9.78 Å². The Morgan fingerprint density at radius 1 is 1.65 bits per heavy atom. The van der Waals surface area contributed by atoms with Crippen molar-refractivity contribution in [3.8, 4) is 0 Å². The zero-order chi connectivity index (χ0) is 12.7. The number of hydrogen-bond donors (Lipinski definition) is 2. The maximum atomic E-state index is 11.0. The average molecular weight is 237 g/mol. The van der Waals surface area contributed by atoms with Gasteiger partial charge in [-0.15, -0.1) is 0 Å². The van der Waals surface area contributed by atoms with Crippen LogP contribution in [-0.4, -0.2) is 27.2 Å². The molecule has 0 spiro atoms. The van der Waals surface area contributed by atoms with Gasteiger partial charge in [0, 0.05) is 18.3 Å². The number of carbonyl (C=O) groups is 1. The number of rotatable bonds is 7. The third-order valence-corrected chi connectivity index (χ3v) is 2.38. The Balaban J connectivity index is 2.76. The number of aromatic nitrogens is 2. The average Bonchev–Trinajstić information content (AvgIpc) is 2.72. The molecule has 0 amide bonds. The Kier molecular flexibility index (Phi) is 5.42. The van der Waals surface area contributed by atoms with E-state index in [0.717, 1.165) is 13.0 Å². The molecule has 5 heteroatoms. The van der Waals surface area contributed by atoms with Crippen LogP contribution in [0.5, 0.6) is 0 Å². The van der Waals surface area contributed by atoms with Gasteiger partial charge in [0.1, 0.15) is 0 Å². The first-order chi connectivity index (χ1) is 8.17. The number of nitrogens with two attached hydrogens (primary N) is 1. The highest BCUT2D eigenvalue weighted by atomic mass is 16.4. The first kappa shape index (κ1) is 13.4. The molecule has 5 nitrogen and oxygen atoms in total. The highest BCUT2D eigenvalue weighted by Gasteiger charge is 2.07. The van der Waals surface area contributed by atoms with Crippen molar-refractivity contribution in [3.05, 3.63) is 23.8 Å². The van der Waals surface area contributed by atoms with Crippen LogP contribution in [0.25, 0.3) is 6.08 Å². The zero-order valence-corrected chi connectivity index (χ0v) is 10.1. The molecule has 0 saturated heterocycles. The molecule has 0 aromatic carbocycles. The second-order valence-electron chi connectivity index (χ2n) is 3.90. The van der Waals surface area contributed by atoms with E-state index in [1.807, 2.05) is 10.8 Å². The maximum Gasteiger partial charge on any atom is 0.331 e. The smallest absolute Gasteiger partial charge is 0.331 e. The number of aryl methyl sites for hydroxylation is 1. The molecule has 0 saturated carbocycles. The normalized spacial score (nSPS) is 11.8. The molecule has 0 radical (unpaired) electrons. The minimum Gasteiger partial charge on any atom is -0.478 e. The van der Waals surface area contributed by atoms with Crippen LogP contribution in [0.1, 0.15) is 31.9 Å². The highest BCUT2D eigenvalue weighted by Crippen LogP contribution is 2.10. The van der Waals surface area contributed by atoms with Crippen LogP contribution >= 0.6 is 0 Å². The van der Waals surface area contributed by atoms with E-state index in [1.54, 1.807) is 12.4 Å². The van der Waals surface area contributed by atoms with Gasteiger partial charge in [0.15, 0.2) is 0 Å². The van der Waals surface area contributed by atoms with Gasteiger partial charge in [-0.2, -0.15) is 0 Å². The van der Waals surface area contributed by atoms with E-state index >= 15 is 0 Å². The zero-order valence-electron chi connectivity index (χ0n) is 10.1. The van der Waals surface area contributed by atoms with Crippen LogP contribution in [0.15, 0.2) is 18.1 Å². The Hall–Kier alpha value is -1.62. The SMILES string of the molecule is CCCn1cnc(/C=C(/CCCN)C(=O)O)c1. The van der Waals surface area contributed by atoms with Gasteiger partial charge in [-0.1, -0.05) is 6.92 Å². The molecule has 0 unspecified atom stereocenters. The Bertz CT molecular complexity index is 396. The van der Waals surface area contributed by atoms with Crippen molar-refractivity contribution < 1.29 is 9.90 Å². The van der Waals surface area contributed by atoms with Gasteiger partial charge in [0.25, 0.3) is 0 Å². The van der Waals surface area contributed by atoms with Crippen LogP contribution in [0, 0.1) is 0 Å². The second kappa shape index (κ2) is 6.85. The number of aliphatic carboxylic acids is 1. The lowest BCUT2D eigenvalue weighted by atomic mass is 10.1. The summed E-state index contributed by atoms with van der Waals surface area (Å²) in [6.45, 7) is 3.47. The molecule has 1 aromatic rings. The van der Waals surface area contributed by atoms with Crippen LogP contribution in [0.4, 0.5) is 0 Å². The van der Waals surface area contributed by atoms with Crippen molar-refractivity contribution in [1.82, 2.24) is 9.55 Å². The second-order valence-corrected chi connectivity index (χ2v) is 3.90. The van der Waals surface area contributed by atoms with E-state index in [2.05, 4.69) is 11.9 Å². The standard InChI is InChI=1S/C12H19N3O2/c1-2-6-15-8-11(14-9-15)7-10(12(16)17)4-3-5-13/h7-9H,2-6,13H2,1H3,(H,16,17)/b10-7-. The molecule has 1 rings (SSSR count). The van der Waals surface area contributed by atoms with E-state index in [-0.39, 0.29) is 0 Å². The molecule has 0 aliphatic heterocycles. The largest absolute Gasteiger partial charge is 0.478 e. The Labute approximate surface area is 101 Å². The van der Waals surface area contributed by atoms with Gasteiger partial charge >= 0.3 is 5.97 Å². The molecule has 0 aliphatic rings. The summed E-state index contributed by atoms with van der Waals surface area (Å²) in [7, 11) is 0. The molecule has 3 N–H and O–H groups in total. The van der Waals surface area contributed by atoms with Crippen LogP contribution < -0.4 is 5.73 Å². The van der Waals surface area contributed by atoms with Crippen molar-refractivity contribution in [1.29, 1.82) is 0 Å². The van der Waals surface area contributed by atoms with E-state index in [4.69, 9.17) is 10.8 Å². The van der Waals surface area contributed by atoms with Gasteiger partial charge in [-0.05, 0) is 31.9 Å². The molecule has 0 aliphatic carbocycles. The summed E-state index contributed by atoms with van der Waals surface area (Å²) >= 11 is 0. The van der Waals surface area contributed by atoms with Crippen molar-refractivity contribution in [2.75, 3.05) is 6.54 Å². The fraction of sp³-hybridized carbons (Fsp3) is 0.500. The number of carboxylic acids is 1. The third kappa shape index (κ3) is 4.40. The minimum atomic E-state index is -0.900. The molecule has 1 aromatic heterocycles. The summed E-state index contributed by atoms with van der Waals surface area (Å²) in [6.07, 6.45) is 7.37. The van der Waals surface area contributed by atoms with E-state index in [9.17, 15) is 4.79 Å². The summed E-state index contributed by atoms with van der Waals surface area (Å²) in [5, 5.41) is 9.03. The minimum absolute atomic E-state index is 0.359. The van der Waals surface area contributed by atoms with E-state index in [1.165, 1.54) is 0 Å². The molecule has 17 heavy (non-hydrogen) atoms. The highest BCUT2D eigenvalue weighted by molar-refractivity contribution is 5.91. The van der Waals surface area contributed by atoms with Crippen LogP contribution in [0.2, 0.25) is 0 Å². The fourth-order valence-corrected chi connectivity index (χ4v) is 1.54. The summed E-state index contributed by atoms with van der Waals surface area (Å²) < 4.78 is 1.95. The van der Waals surface area contributed by atoms with Crippen molar-refractivity contribution in [2.24, 2.45) is 5.73 Å². The van der Waals surface area contributed by atoms with E-state index < -0.39 is 5.97 Å². The van der Waals surface area contributed by atoms with Crippen molar-refractivity contribution >= 4 is 12.0 Å². The topological polar surface area (TPSA) is 81.1 Å². The summed E-state index contributed by atoms with van der Waals surface area (Å²) in [4.78, 5) is 15.2. The third-order valence-electron chi connectivity index (χ3n) is 2.38. The molecular formula is C12H19N3O2. The monoisotopic (exact) mass is 237 g/mol. The lowest BCUT2D eigenvalue weighted by molar-refractivity contribution is -0.132. The van der Waals surface area contributed by atoms with Crippen LogP contribution in [0.3, 0.4) is 0 Å².